The van der Waals surface area contributed by atoms with Gasteiger partial charge in [0.25, 0.3) is 5.91 Å². The maximum atomic E-state index is 12.4. The van der Waals surface area contributed by atoms with Gasteiger partial charge in [-0.05, 0) is 37.5 Å². The first-order chi connectivity index (χ1) is 8.52. The number of methoxy groups -OCH3 is 1. The molecule has 4 heteroatoms. The van der Waals surface area contributed by atoms with E-state index in [1.54, 1.807) is 19.2 Å². The molecule has 98 valence electrons. The molecule has 0 bridgehead atoms. The van der Waals surface area contributed by atoms with Gasteiger partial charge in [0.1, 0.15) is 11.5 Å². The Labute approximate surface area is 107 Å². The molecule has 0 aliphatic carbocycles. The number of hydrogen-bond donors (Lipinski definition) is 1. The Morgan fingerprint density at radius 1 is 1.44 bits per heavy atom. The zero-order valence-electron chi connectivity index (χ0n) is 11.0. The third-order valence-electron chi connectivity index (χ3n) is 3.48. The molecule has 1 aromatic rings. The molecule has 1 N–H and O–H groups in total. The molecule has 1 aliphatic heterocycles. The van der Waals surface area contributed by atoms with E-state index >= 15 is 0 Å². The minimum atomic E-state index is -0.122. The van der Waals surface area contributed by atoms with Crippen molar-refractivity contribution in [3.05, 3.63) is 23.8 Å². The minimum absolute atomic E-state index is 0.00699. The van der Waals surface area contributed by atoms with Crippen LogP contribution in [0.4, 0.5) is 0 Å². The summed E-state index contributed by atoms with van der Waals surface area (Å²) in [6, 6.07) is 4.95. The van der Waals surface area contributed by atoms with E-state index in [9.17, 15) is 9.90 Å². The summed E-state index contributed by atoms with van der Waals surface area (Å²) in [6.07, 6.45) is 1.01. The Bertz CT molecular complexity index is 458. The number of phenolic OH excluding ortho intramolecular Hbond substituents is 1. The average molecular weight is 249 g/mol. The van der Waals surface area contributed by atoms with Crippen LogP contribution in [0.2, 0.25) is 0 Å². The summed E-state index contributed by atoms with van der Waals surface area (Å²) >= 11 is 0. The van der Waals surface area contributed by atoms with Gasteiger partial charge in [0.2, 0.25) is 0 Å². The van der Waals surface area contributed by atoms with Crippen LogP contribution in [-0.4, -0.2) is 35.6 Å². The van der Waals surface area contributed by atoms with E-state index < -0.39 is 0 Å². The standard InChI is InChI=1S/C14H19NO3/c1-9-6-10(2)15(8-9)14(17)12-7-11(18-3)4-5-13(12)16/h4-5,7,9-10,16H,6,8H2,1-3H3. The van der Waals surface area contributed by atoms with Crippen LogP contribution in [0.25, 0.3) is 0 Å². The highest BCUT2D eigenvalue weighted by molar-refractivity contribution is 5.97. The van der Waals surface area contributed by atoms with Crippen molar-refractivity contribution in [2.45, 2.75) is 26.3 Å². The predicted molar refractivity (Wildman–Crippen MR) is 68.9 cm³/mol. The molecule has 0 spiro atoms. The van der Waals surface area contributed by atoms with E-state index in [1.165, 1.54) is 6.07 Å². The van der Waals surface area contributed by atoms with E-state index in [0.717, 1.165) is 13.0 Å². The van der Waals surface area contributed by atoms with Gasteiger partial charge in [0.15, 0.2) is 0 Å². The Hall–Kier alpha value is -1.71. The molecule has 1 aliphatic rings. The molecule has 1 amide bonds. The molecule has 2 atom stereocenters. The van der Waals surface area contributed by atoms with Crippen LogP contribution < -0.4 is 4.74 Å². The number of rotatable bonds is 2. The fourth-order valence-corrected chi connectivity index (χ4v) is 2.55. The van der Waals surface area contributed by atoms with Gasteiger partial charge >= 0.3 is 0 Å². The number of hydrogen-bond acceptors (Lipinski definition) is 3. The summed E-state index contributed by atoms with van der Waals surface area (Å²) in [5.74, 6) is 0.976. The SMILES string of the molecule is COc1ccc(O)c(C(=O)N2CC(C)CC2C)c1. The molecule has 0 radical (unpaired) electrons. The second-order valence-electron chi connectivity index (χ2n) is 5.03. The van der Waals surface area contributed by atoms with Crippen LogP contribution >= 0.6 is 0 Å². The number of likely N-dealkylation sites (tertiary alicyclic amines) is 1. The number of phenols is 1. The molecular weight excluding hydrogens is 230 g/mol. The molecule has 4 nitrogen and oxygen atoms in total. The molecule has 18 heavy (non-hydrogen) atoms. The fourth-order valence-electron chi connectivity index (χ4n) is 2.55. The topological polar surface area (TPSA) is 49.8 Å². The molecular formula is C14H19NO3. The summed E-state index contributed by atoms with van der Waals surface area (Å²) < 4.78 is 5.09. The second-order valence-corrected chi connectivity index (χ2v) is 5.03. The van der Waals surface area contributed by atoms with Crippen molar-refractivity contribution >= 4 is 5.91 Å². The monoisotopic (exact) mass is 249 g/mol. The van der Waals surface area contributed by atoms with Crippen molar-refractivity contribution in [1.29, 1.82) is 0 Å². The molecule has 1 aromatic carbocycles. The lowest BCUT2D eigenvalue weighted by Crippen LogP contribution is -2.34. The lowest BCUT2D eigenvalue weighted by molar-refractivity contribution is 0.0740. The van der Waals surface area contributed by atoms with E-state index in [4.69, 9.17) is 4.74 Å². The molecule has 2 rings (SSSR count). The summed E-state index contributed by atoms with van der Waals surface area (Å²) in [5.41, 5.74) is 0.315. The number of aromatic hydroxyl groups is 1. The number of amides is 1. The van der Waals surface area contributed by atoms with Crippen molar-refractivity contribution < 1.29 is 14.6 Å². The first-order valence-electron chi connectivity index (χ1n) is 6.21. The molecule has 1 heterocycles. The van der Waals surface area contributed by atoms with E-state index in [0.29, 0.717) is 17.2 Å². The second kappa shape index (κ2) is 4.88. The van der Waals surface area contributed by atoms with Crippen LogP contribution in [0.15, 0.2) is 18.2 Å². The summed E-state index contributed by atoms with van der Waals surface area (Å²) in [7, 11) is 1.54. The van der Waals surface area contributed by atoms with Crippen molar-refractivity contribution in [2.75, 3.05) is 13.7 Å². The van der Waals surface area contributed by atoms with Crippen molar-refractivity contribution in [2.24, 2.45) is 5.92 Å². The Balaban J connectivity index is 2.28. The van der Waals surface area contributed by atoms with Gasteiger partial charge in [-0.2, -0.15) is 0 Å². The van der Waals surface area contributed by atoms with Crippen LogP contribution in [0.5, 0.6) is 11.5 Å². The predicted octanol–water partition coefficient (Wildman–Crippen LogP) is 2.27. The van der Waals surface area contributed by atoms with Crippen molar-refractivity contribution in [3.8, 4) is 11.5 Å². The number of carbonyl (C=O) groups is 1. The molecule has 0 aromatic heterocycles. The van der Waals surface area contributed by atoms with Gasteiger partial charge in [-0.1, -0.05) is 6.92 Å². The third-order valence-corrected chi connectivity index (χ3v) is 3.48. The van der Waals surface area contributed by atoms with Gasteiger partial charge in [0, 0.05) is 12.6 Å². The summed E-state index contributed by atoms with van der Waals surface area (Å²) in [6.45, 7) is 4.92. The van der Waals surface area contributed by atoms with Crippen molar-refractivity contribution in [3.63, 3.8) is 0 Å². The van der Waals surface area contributed by atoms with E-state index in [-0.39, 0.29) is 17.7 Å². The zero-order chi connectivity index (χ0) is 13.3. The minimum Gasteiger partial charge on any atom is -0.507 e. The quantitative estimate of drug-likeness (QED) is 0.874. The van der Waals surface area contributed by atoms with E-state index in [2.05, 4.69) is 6.92 Å². The van der Waals surface area contributed by atoms with E-state index in [1.807, 2.05) is 11.8 Å². The summed E-state index contributed by atoms with van der Waals surface area (Å²) in [5, 5.41) is 9.81. The normalized spacial score (nSPS) is 23.2. The number of carbonyl (C=O) groups excluding carboxylic acids is 1. The van der Waals surface area contributed by atoms with Gasteiger partial charge in [-0.3, -0.25) is 4.79 Å². The zero-order valence-corrected chi connectivity index (χ0v) is 11.0. The number of nitrogens with zero attached hydrogens (tertiary/aromatic N) is 1. The van der Waals surface area contributed by atoms with Gasteiger partial charge in [-0.25, -0.2) is 0 Å². The molecule has 1 saturated heterocycles. The maximum absolute atomic E-state index is 12.4. The number of ether oxygens (including phenoxy) is 1. The Morgan fingerprint density at radius 3 is 2.72 bits per heavy atom. The van der Waals surface area contributed by atoms with Crippen molar-refractivity contribution in [1.82, 2.24) is 4.90 Å². The molecule has 0 saturated carbocycles. The lowest BCUT2D eigenvalue weighted by atomic mass is 10.1. The van der Waals surface area contributed by atoms with Crippen LogP contribution in [0.3, 0.4) is 0 Å². The smallest absolute Gasteiger partial charge is 0.257 e. The van der Waals surface area contributed by atoms with Crippen LogP contribution in [0.1, 0.15) is 30.6 Å². The maximum Gasteiger partial charge on any atom is 0.257 e. The number of benzene rings is 1. The third kappa shape index (κ3) is 2.28. The Morgan fingerprint density at radius 2 is 2.17 bits per heavy atom. The van der Waals surface area contributed by atoms with Crippen LogP contribution in [0, 0.1) is 5.92 Å². The largest absolute Gasteiger partial charge is 0.507 e. The highest BCUT2D eigenvalue weighted by atomic mass is 16.5. The highest BCUT2D eigenvalue weighted by Gasteiger charge is 2.31. The van der Waals surface area contributed by atoms with Gasteiger partial charge < -0.3 is 14.7 Å². The average Bonchev–Trinajstić information content (AvgIpc) is 2.68. The van der Waals surface area contributed by atoms with Crippen LogP contribution in [-0.2, 0) is 0 Å². The summed E-state index contributed by atoms with van der Waals surface area (Å²) in [4.78, 5) is 14.2. The first-order valence-corrected chi connectivity index (χ1v) is 6.21. The van der Waals surface area contributed by atoms with Gasteiger partial charge in [-0.15, -0.1) is 0 Å². The molecule has 2 unspecified atom stereocenters. The molecule has 1 fully saturated rings. The lowest BCUT2D eigenvalue weighted by Gasteiger charge is -2.22. The first kappa shape index (κ1) is 12.7. The highest BCUT2D eigenvalue weighted by Crippen LogP contribution is 2.29. The van der Waals surface area contributed by atoms with Gasteiger partial charge in [0.05, 0.1) is 12.7 Å². The fraction of sp³-hybridized carbons (Fsp3) is 0.500. The Kier molecular flexibility index (Phi) is 3.45.